The fourth-order valence-electron chi connectivity index (χ4n) is 1.87. The molecule has 0 bridgehead atoms. The predicted octanol–water partition coefficient (Wildman–Crippen LogP) is 2.52. The van der Waals surface area contributed by atoms with Crippen LogP contribution in [0, 0.1) is 5.92 Å². The van der Waals surface area contributed by atoms with Gasteiger partial charge >= 0.3 is 5.97 Å². The third-order valence-corrected chi connectivity index (χ3v) is 4.25. The number of nitrogens with zero attached hydrogens (tertiary/aromatic N) is 1. The lowest BCUT2D eigenvalue weighted by molar-refractivity contribution is -0.167. The number of carbonyl (C=O) groups excluding carboxylic acids is 3. The molecule has 1 heterocycles. The largest absolute Gasteiger partial charge is 0.334 e. The van der Waals surface area contributed by atoms with Crippen molar-refractivity contribution in [3.8, 4) is 0 Å². The van der Waals surface area contributed by atoms with Gasteiger partial charge < -0.3 is 4.84 Å². The van der Waals surface area contributed by atoms with Crippen molar-refractivity contribution >= 4 is 29.5 Å². The van der Waals surface area contributed by atoms with E-state index in [-0.39, 0.29) is 17.5 Å². The number of amides is 2. The lowest BCUT2D eigenvalue weighted by Crippen LogP contribution is -2.32. The van der Waals surface area contributed by atoms with Gasteiger partial charge in [0.15, 0.2) is 0 Å². The first-order chi connectivity index (χ1) is 10.0. The molecule has 0 N–H and O–H groups in total. The van der Waals surface area contributed by atoms with E-state index < -0.39 is 17.8 Å². The van der Waals surface area contributed by atoms with Crippen LogP contribution in [0.15, 0.2) is 24.3 Å². The normalized spacial score (nSPS) is 13.8. The monoisotopic (exact) mass is 307 g/mol. The molecular formula is C15H17NO4S. The van der Waals surface area contributed by atoms with E-state index in [2.05, 4.69) is 13.8 Å². The zero-order valence-electron chi connectivity index (χ0n) is 12.0. The van der Waals surface area contributed by atoms with Crippen LogP contribution in [0.25, 0.3) is 0 Å². The molecule has 0 saturated heterocycles. The summed E-state index contributed by atoms with van der Waals surface area (Å²) in [5.41, 5.74) is 0.536. The average molecular weight is 307 g/mol. The molecule has 0 atom stereocenters. The highest BCUT2D eigenvalue weighted by atomic mass is 32.2. The van der Waals surface area contributed by atoms with E-state index in [9.17, 15) is 14.4 Å². The topological polar surface area (TPSA) is 63.7 Å². The Hall–Kier alpha value is -1.82. The van der Waals surface area contributed by atoms with Crippen molar-refractivity contribution in [3.63, 3.8) is 0 Å². The van der Waals surface area contributed by atoms with Gasteiger partial charge in [0.25, 0.3) is 11.8 Å². The highest BCUT2D eigenvalue weighted by molar-refractivity contribution is 7.99. The first-order valence-electron chi connectivity index (χ1n) is 6.77. The lowest BCUT2D eigenvalue weighted by Gasteiger charge is -2.12. The van der Waals surface area contributed by atoms with Crippen molar-refractivity contribution in [2.75, 3.05) is 11.5 Å². The van der Waals surface area contributed by atoms with Gasteiger partial charge in [0, 0.05) is 5.75 Å². The van der Waals surface area contributed by atoms with Gasteiger partial charge in [-0.25, -0.2) is 4.79 Å². The molecule has 1 aromatic carbocycles. The molecule has 0 aliphatic carbocycles. The Morgan fingerprint density at radius 2 is 1.76 bits per heavy atom. The summed E-state index contributed by atoms with van der Waals surface area (Å²) in [5, 5.41) is 0.556. The summed E-state index contributed by atoms with van der Waals surface area (Å²) in [6, 6.07) is 6.42. The molecule has 2 amide bonds. The van der Waals surface area contributed by atoms with Crippen molar-refractivity contribution in [1.29, 1.82) is 0 Å². The first-order valence-corrected chi connectivity index (χ1v) is 7.92. The zero-order valence-corrected chi connectivity index (χ0v) is 12.8. The molecule has 112 valence electrons. The van der Waals surface area contributed by atoms with Crippen molar-refractivity contribution in [2.24, 2.45) is 5.92 Å². The van der Waals surface area contributed by atoms with Crippen LogP contribution in [0.2, 0.25) is 0 Å². The molecule has 1 aliphatic heterocycles. The molecule has 0 radical (unpaired) electrons. The molecule has 6 heteroatoms. The maximum atomic E-state index is 12.0. The van der Waals surface area contributed by atoms with Crippen LogP contribution >= 0.6 is 11.8 Å². The second-order valence-electron chi connectivity index (χ2n) is 5.13. The van der Waals surface area contributed by atoms with E-state index in [1.54, 1.807) is 36.0 Å². The molecular weight excluding hydrogens is 290 g/mol. The summed E-state index contributed by atoms with van der Waals surface area (Å²) in [6.45, 7) is 4.20. The summed E-state index contributed by atoms with van der Waals surface area (Å²) >= 11 is 1.65. The number of hydroxylamine groups is 2. The zero-order chi connectivity index (χ0) is 15.4. The number of thioether (sulfide) groups is 1. The van der Waals surface area contributed by atoms with Gasteiger partial charge in [0.1, 0.15) is 0 Å². The molecule has 5 nitrogen and oxygen atoms in total. The first kappa shape index (κ1) is 15.6. The number of hydrogen-bond donors (Lipinski definition) is 0. The Morgan fingerprint density at radius 3 is 2.29 bits per heavy atom. The van der Waals surface area contributed by atoms with Crippen molar-refractivity contribution < 1.29 is 19.2 Å². The van der Waals surface area contributed by atoms with Gasteiger partial charge in [-0.05, 0) is 23.8 Å². The number of hydrogen-bond acceptors (Lipinski definition) is 5. The molecule has 21 heavy (non-hydrogen) atoms. The Labute approximate surface area is 127 Å². The van der Waals surface area contributed by atoms with Gasteiger partial charge in [-0.1, -0.05) is 31.0 Å². The lowest BCUT2D eigenvalue weighted by atomic mass is 10.1. The highest BCUT2D eigenvalue weighted by Gasteiger charge is 2.38. The van der Waals surface area contributed by atoms with E-state index in [0.717, 1.165) is 5.75 Å². The Balaban J connectivity index is 1.88. The van der Waals surface area contributed by atoms with Crippen LogP contribution in [0.4, 0.5) is 0 Å². The molecule has 0 fully saturated rings. The van der Waals surface area contributed by atoms with Crippen LogP contribution in [0.1, 0.15) is 41.0 Å². The van der Waals surface area contributed by atoms with Gasteiger partial charge in [-0.15, -0.1) is 0 Å². The van der Waals surface area contributed by atoms with Gasteiger partial charge in [-0.2, -0.15) is 11.8 Å². The predicted molar refractivity (Wildman–Crippen MR) is 79.8 cm³/mol. The van der Waals surface area contributed by atoms with Crippen LogP contribution < -0.4 is 0 Å². The Morgan fingerprint density at radius 1 is 1.19 bits per heavy atom. The second kappa shape index (κ2) is 6.76. The molecule has 1 aliphatic rings. The van der Waals surface area contributed by atoms with Crippen LogP contribution in [0.5, 0.6) is 0 Å². The van der Waals surface area contributed by atoms with E-state index >= 15 is 0 Å². The minimum Gasteiger partial charge on any atom is -0.330 e. The summed E-state index contributed by atoms with van der Waals surface area (Å²) < 4.78 is 0. The summed E-state index contributed by atoms with van der Waals surface area (Å²) in [4.78, 5) is 40.6. The Kier molecular flexibility index (Phi) is 5.01. The molecule has 0 spiro atoms. The molecule has 0 aromatic heterocycles. The van der Waals surface area contributed by atoms with E-state index in [0.29, 0.717) is 16.7 Å². The van der Waals surface area contributed by atoms with E-state index in [1.807, 2.05) is 0 Å². The smallest absolute Gasteiger partial charge is 0.330 e. The number of imide groups is 1. The molecule has 1 aromatic rings. The minimum absolute atomic E-state index is 0.171. The number of fused-ring (bicyclic) bond motifs is 1. The van der Waals surface area contributed by atoms with Gasteiger partial charge in [-0.3, -0.25) is 9.59 Å². The van der Waals surface area contributed by atoms with Crippen LogP contribution in [-0.4, -0.2) is 34.4 Å². The summed E-state index contributed by atoms with van der Waals surface area (Å²) in [5.74, 6) is 0.390. The average Bonchev–Trinajstić information content (AvgIpc) is 2.69. The third kappa shape index (κ3) is 3.64. The van der Waals surface area contributed by atoms with E-state index in [1.165, 1.54) is 0 Å². The molecule has 0 saturated carbocycles. The number of benzene rings is 1. The summed E-state index contributed by atoms with van der Waals surface area (Å²) in [7, 11) is 0. The SMILES string of the molecule is CC(C)CSCCC(=O)ON1C(=O)c2ccccc2C1=O. The Bertz CT molecular complexity index is 536. The number of rotatable bonds is 6. The quantitative estimate of drug-likeness (QED) is 0.597. The fraction of sp³-hybridized carbons (Fsp3) is 0.400. The summed E-state index contributed by atoms with van der Waals surface area (Å²) in [6.07, 6.45) is 0.171. The molecule has 2 rings (SSSR count). The second-order valence-corrected chi connectivity index (χ2v) is 6.28. The van der Waals surface area contributed by atoms with Gasteiger partial charge in [0.2, 0.25) is 0 Å². The van der Waals surface area contributed by atoms with Gasteiger partial charge in [0.05, 0.1) is 17.5 Å². The maximum absolute atomic E-state index is 12.0. The maximum Gasteiger partial charge on any atom is 0.334 e. The fourth-order valence-corrected chi connectivity index (χ4v) is 2.82. The highest BCUT2D eigenvalue weighted by Crippen LogP contribution is 2.23. The van der Waals surface area contributed by atoms with Crippen LogP contribution in [0.3, 0.4) is 0 Å². The van der Waals surface area contributed by atoms with E-state index in [4.69, 9.17) is 4.84 Å². The van der Waals surface area contributed by atoms with Crippen molar-refractivity contribution in [2.45, 2.75) is 20.3 Å². The van der Waals surface area contributed by atoms with Crippen molar-refractivity contribution in [3.05, 3.63) is 35.4 Å². The number of carbonyl (C=O) groups is 3. The molecule has 0 unspecified atom stereocenters. The van der Waals surface area contributed by atoms with Crippen molar-refractivity contribution in [1.82, 2.24) is 5.06 Å². The minimum atomic E-state index is -0.584. The third-order valence-electron chi connectivity index (χ3n) is 2.85. The van der Waals surface area contributed by atoms with Crippen LogP contribution in [-0.2, 0) is 9.63 Å². The standard InChI is InChI=1S/C15H17NO4S/c1-10(2)9-21-8-7-13(17)20-16-14(18)11-5-3-4-6-12(11)15(16)19/h3-6,10H,7-9H2,1-2H3.